The molecule has 5 rings (SSSR count). The van der Waals surface area contributed by atoms with E-state index in [9.17, 15) is 37.1 Å². The first-order valence-corrected chi connectivity index (χ1v) is 17.7. The Kier molecular flexibility index (Phi) is 11.8. The smallest absolute Gasteiger partial charge is 0.416 e. The van der Waals surface area contributed by atoms with Crippen molar-refractivity contribution in [1.29, 1.82) is 0 Å². The molecule has 1 saturated heterocycles. The van der Waals surface area contributed by atoms with Crippen LogP contribution in [0.15, 0.2) is 35.3 Å². The van der Waals surface area contributed by atoms with Gasteiger partial charge < -0.3 is 19.9 Å². The molecule has 1 saturated carbocycles. The summed E-state index contributed by atoms with van der Waals surface area (Å²) in [6, 6.07) is 0.460. The lowest BCUT2D eigenvalue weighted by Gasteiger charge is -2.34. The number of aromatic nitrogens is 1. The number of amides is 1. The Balaban J connectivity index is 1.58. The van der Waals surface area contributed by atoms with Gasteiger partial charge in [0.2, 0.25) is 5.91 Å². The molecule has 0 spiro atoms. The summed E-state index contributed by atoms with van der Waals surface area (Å²) in [6.07, 6.45) is 3.79. The minimum atomic E-state index is -4.85. The summed E-state index contributed by atoms with van der Waals surface area (Å²) >= 11 is 0. The molecule has 2 heterocycles. The van der Waals surface area contributed by atoms with E-state index in [1.54, 1.807) is 13.8 Å². The third kappa shape index (κ3) is 8.98. The van der Waals surface area contributed by atoms with E-state index in [1.807, 2.05) is 0 Å². The topological polar surface area (TPSA) is 91.6 Å². The summed E-state index contributed by atoms with van der Waals surface area (Å²) in [5.74, 6) is -3.85. The molecule has 53 heavy (non-hydrogen) atoms. The Morgan fingerprint density at radius 3 is 2.15 bits per heavy atom. The van der Waals surface area contributed by atoms with E-state index >= 15 is 8.78 Å². The van der Waals surface area contributed by atoms with Gasteiger partial charge in [-0.3, -0.25) is 14.4 Å². The van der Waals surface area contributed by atoms with Gasteiger partial charge in [0.15, 0.2) is 0 Å². The van der Waals surface area contributed by atoms with Crippen molar-refractivity contribution in [1.82, 2.24) is 14.8 Å². The molecular weight excluding hydrogens is 700 g/mol. The molecule has 0 radical (unpaired) electrons. The molecule has 2 atom stereocenters. The van der Waals surface area contributed by atoms with Crippen LogP contribution in [0.3, 0.4) is 0 Å². The van der Waals surface area contributed by atoms with Gasteiger partial charge in [0.05, 0.1) is 23.6 Å². The minimum Gasteiger partial charge on any atom is -0.481 e. The molecule has 0 bridgehead atoms. The molecule has 2 aliphatic rings. The number of alkyl halides is 3. The highest BCUT2D eigenvalue weighted by Gasteiger charge is 2.39. The number of carboxylic acids is 1. The highest BCUT2D eigenvalue weighted by Crippen LogP contribution is 2.41. The Labute approximate surface area is 304 Å². The number of pyridine rings is 1. The van der Waals surface area contributed by atoms with Crippen molar-refractivity contribution in [2.75, 3.05) is 19.6 Å². The summed E-state index contributed by atoms with van der Waals surface area (Å²) in [4.78, 5) is 42.0. The number of hydrogen-bond donors (Lipinski definition) is 2. The van der Waals surface area contributed by atoms with Gasteiger partial charge in [-0.1, -0.05) is 19.8 Å². The fourth-order valence-electron chi connectivity index (χ4n) is 7.52. The van der Waals surface area contributed by atoms with Gasteiger partial charge in [0, 0.05) is 29.9 Å². The van der Waals surface area contributed by atoms with E-state index in [2.05, 4.69) is 16.1 Å². The largest absolute Gasteiger partial charge is 0.481 e. The van der Waals surface area contributed by atoms with Crippen LogP contribution < -0.4 is 10.9 Å². The van der Waals surface area contributed by atoms with Crippen molar-refractivity contribution in [3.63, 3.8) is 0 Å². The molecule has 2 N–H and O–H groups in total. The maximum Gasteiger partial charge on any atom is 0.416 e. The molecule has 13 heteroatoms. The van der Waals surface area contributed by atoms with Crippen LogP contribution in [0, 0.1) is 55.5 Å². The van der Waals surface area contributed by atoms with Crippen LogP contribution in [0.1, 0.15) is 104 Å². The fourth-order valence-corrected chi connectivity index (χ4v) is 7.52. The molecular formula is C40H43F6N3O4. The highest BCUT2D eigenvalue weighted by atomic mass is 19.4. The van der Waals surface area contributed by atoms with Gasteiger partial charge in [-0.15, -0.1) is 6.42 Å². The zero-order valence-electron chi connectivity index (χ0n) is 30.0. The number of aliphatic carboxylic acids is 1. The van der Waals surface area contributed by atoms with Crippen LogP contribution in [0.2, 0.25) is 0 Å². The number of carboxylic acid groups (broad SMARTS) is 1. The second kappa shape index (κ2) is 15.8. The number of carbonyl (C=O) groups is 2. The Morgan fingerprint density at radius 1 is 1.00 bits per heavy atom. The number of nitrogens with zero attached hydrogens (tertiary/aromatic N) is 2. The second-order valence-corrected chi connectivity index (χ2v) is 14.8. The third-order valence-electron chi connectivity index (χ3n) is 10.2. The van der Waals surface area contributed by atoms with Gasteiger partial charge in [-0.05, 0) is 117 Å². The lowest BCUT2D eigenvalue weighted by molar-refractivity contribution is -0.139. The lowest BCUT2D eigenvalue weighted by atomic mass is 9.87. The van der Waals surface area contributed by atoms with Crippen molar-refractivity contribution in [3.05, 3.63) is 91.6 Å². The summed E-state index contributed by atoms with van der Waals surface area (Å²) in [5.41, 5.74) is -3.14. The molecule has 0 unspecified atom stereocenters. The lowest BCUT2D eigenvalue weighted by Crippen LogP contribution is -2.41. The average Bonchev–Trinajstić information content (AvgIpc) is 3.88. The van der Waals surface area contributed by atoms with E-state index in [1.165, 1.54) is 13.8 Å². The van der Waals surface area contributed by atoms with Gasteiger partial charge in [-0.2, -0.15) is 13.2 Å². The van der Waals surface area contributed by atoms with Gasteiger partial charge >= 0.3 is 12.1 Å². The van der Waals surface area contributed by atoms with E-state index in [-0.39, 0.29) is 40.2 Å². The van der Waals surface area contributed by atoms with E-state index in [0.717, 1.165) is 48.3 Å². The maximum absolute atomic E-state index is 16.5. The monoisotopic (exact) mass is 743 g/mol. The van der Waals surface area contributed by atoms with Crippen LogP contribution in [0.5, 0.6) is 0 Å². The first-order chi connectivity index (χ1) is 24.9. The Morgan fingerprint density at radius 2 is 1.62 bits per heavy atom. The molecule has 1 amide bonds. The SMILES string of the molecule is C#Cc1cc(-c2c(C)cc(F)cc2C)c(F)c([C@H](CC(=O)O)NC(=O)[C@H](CC(C)C)n2cc(C3CCN(CC4CC4)CC3)c(C(F)(F)F)cc2=O)c1F. The van der Waals surface area contributed by atoms with Crippen molar-refractivity contribution in [2.24, 2.45) is 11.8 Å². The predicted octanol–water partition coefficient (Wildman–Crippen LogP) is 8.06. The Hall–Kier alpha value is -4.57. The number of halogens is 6. The van der Waals surface area contributed by atoms with Crippen LogP contribution in [0.4, 0.5) is 26.3 Å². The first kappa shape index (κ1) is 39.6. The normalized spacial score (nSPS) is 16.7. The number of rotatable bonds is 12. The molecule has 7 nitrogen and oxygen atoms in total. The number of carbonyl (C=O) groups excluding carboxylic acids is 1. The number of nitrogens with one attached hydrogen (secondary N) is 1. The van der Waals surface area contributed by atoms with Crippen LogP contribution in [-0.2, 0) is 15.8 Å². The number of benzene rings is 2. The molecule has 1 aliphatic heterocycles. The van der Waals surface area contributed by atoms with Gasteiger partial charge in [-0.25, -0.2) is 13.2 Å². The number of terminal acetylenes is 1. The van der Waals surface area contributed by atoms with Gasteiger partial charge in [0.25, 0.3) is 5.56 Å². The van der Waals surface area contributed by atoms with Crippen LogP contribution >= 0.6 is 0 Å². The summed E-state index contributed by atoms with van der Waals surface area (Å²) in [6.45, 7) is 8.50. The number of piperidine rings is 1. The van der Waals surface area contributed by atoms with E-state index in [0.29, 0.717) is 37.9 Å². The average molecular weight is 744 g/mol. The van der Waals surface area contributed by atoms with Crippen LogP contribution in [0.25, 0.3) is 11.1 Å². The molecule has 1 aromatic heterocycles. The zero-order chi connectivity index (χ0) is 38.9. The van der Waals surface area contributed by atoms with Crippen molar-refractivity contribution in [3.8, 4) is 23.5 Å². The summed E-state index contributed by atoms with van der Waals surface area (Å²) in [7, 11) is 0. The third-order valence-corrected chi connectivity index (χ3v) is 10.2. The first-order valence-electron chi connectivity index (χ1n) is 17.7. The Bertz CT molecular complexity index is 1960. The molecule has 1 aliphatic carbocycles. The maximum atomic E-state index is 16.5. The molecule has 2 fully saturated rings. The summed E-state index contributed by atoms with van der Waals surface area (Å²) in [5, 5.41) is 12.2. The van der Waals surface area contributed by atoms with Crippen molar-refractivity contribution >= 4 is 11.9 Å². The number of hydrogen-bond acceptors (Lipinski definition) is 4. The van der Waals surface area contributed by atoms with Crippen molar-refractivity contribution < 1.29 is 41.0 Å². The second-order valence-electron chi connectivity index (χ2n) is 14.8. The zero-order valence-corrected chi connectivity index (χ0v) is 30.0. The molecule has 3 aromatic rings. The van der Waals surface area contributed by atoms with Crippen molar-refractivity contribution in [2.45, 2.75) is 90.4 Å². The van der Waals surface area contributed by atoms with Gasteiger partial charge in [0.1, 0.15) is 23.5 Å². The quantitative estimate of drug-likeness (QED) is 0.145. The number of likely N-dealkylation sites (tertiary alicyclic amines) is 1. The predicted molar refractivity (Wildman–Crippen MR) is 188 cm³/mol. The van der Waals surface area contributed by atoms with E-state index < -0.39 is 82.2 Å². The minimum absolute atomic E-state index is 0.0786. The van der Waals surface area contributed by atoms with Crippen LogP contribution in [-0.4, -0.2) is 46.1 Å². The highest BCUT2D eigenvalue weighted by molar-refractivity contribution is 5.82. The van der Waals surface area contributed by atoms with E-state index in [4.69, 9.17) is 6.42 Å². The summed E-state index contributed by atoms with van der Waals surface area (Å²) < 4.78 is 90.8. The fraction of sp³-hybridized carbons (Fsp3) is 0.475. The molecule has 2 aromatic carbocycles. The standard InChI is InChI=1S/C40H43F6N3O4/c1-6-25-16-28(35-22(4)14-27(41)15-23(35)5)38(43)36(37(25)42)31(18-34(51)52)47-39(53)32(13-21(2)3)49-20-29(30(17-33(49)50)40(44,45)46)26-9-11-48(12-10-26)19-24-7-8-24/h1,14-17,20-21,24,26,31-32H,7-13,18-19H2,2-5H3,(H,47,53)(H,51,52)/t31-,32-/m0/s1. The number of aryl methyl sites for hydroxylation is 2. The molecule has 284 valence electrons.